The number of hydrogen-bond donors (Lipinski definition) is 4. The van der Waals surface area contributed by atoms with Crippen LogP contribution in [-0.2, 0) is 20.8 Å². The molecule has 2 heterocycles. The lowest BCUT2D eigenvalue weighted by molar-refractivity contribution is -0.283. The SMILES string of the molecule is COc1ccc(NC(=O)C(CCCCNC(=O)c2cn(CC3(CI)COC(C)(C)OC3)nn2)NC(=O)O)cc1. The molecule has 0 bridgehead atoms. The third-order valence-corrected chi connectivity index (χ3v) is 7.80. The number of unbranched alkanes of at least 4 members (excludes halogenated alkanes) is 1. The number of anilines is 1. The fraction of sp³-hybridized carbons (Fsp3) is 0.560. The fourth-order valence-electron chi connectivity index (χ4n) is 3.86. The summed E-state index contributed by atoms with van der Waals surface area (Å²) >= 11 is 2.30. The van der Waals surface area contributed by atoms with Crippen molar-refractivity contribution in [1.29, 1.82) is 0 Å². The molecule has 39 heavy (non-hydrogen) atoms. The number of benzene rings is 1. The van der Waals surface area contributed by atoms with Crippen molar-refractivity contribution in [3.63, 3.8) is 0 Å². The molecule has 1 unspecified atom stereocenters. The van der Waals surface area contributed by atoms with Crippen LogP contribution in [0.25, 0.3) is 0 Å². The van der Waals surface area contributed by atoms with Gasteiger partial charge in [-0.2, -0.15) is 0 Å². The molecule has 1 aliphatic rings. The highest BCUT2D eigenvalue weighted by Crippen LogP contribution is 2.33. The molecular weight excluding hydrogens is 623 g/mol. The van der Waals surface area contributed by atoms with Crippen LogP contribution in [0.3, 0.4) is 0 Å². The Balaban J connectivity index is 1.43. The van der Waals surface area contributed by atoms with Gasteiger partial charge < -0.3 is 35.3 Å². The molecule has 13 nitrogen and oxygen atoms in total. The largest absolute Gasteiger partial charge is 0.497 e. The summed E-state index contributed by atoms with van der Waals surface area (Å²) in [5, 5.41) is 25.0. The van der Waals surface area contributed by atoms with Crippen molar-refractivity contribution < 1.29 is 33.7 Å². The number of rotatable bonds is 13. The van der Waals surface area contributed by atoms with E-state index < -0.39 is 23.8 Å². The first-order valence-corrected chi connectivity index (χ1v) is 14.0. The number of halogens is 1. The number of ether oxygens (including phenoxy) is 3. The number of carbonyl (C=O) groups is 3. The number of nitrogens with one attached hydrogen (secondary N) is 3. The normalized spacial score (nSPS) is 16.6. The second-order valence-electron chi connectivity index (χ2n) is 9.88. The van der Waals surface area contributed by atoms with Crippen molar-refractivity contribution in [2.75, 3.05) is 36.6 Å². The molecule has 0 radical (unpaired) electrons. The summed E-state index contributed by atoms with van der Waals surface area (Å²) in [5.41, 5.74) is 0.452. The van der Waals surface area contributed by atoms with Crippen LogP contribution in [0.15, 0.2) is 30.5 Å². The summed E-state index contributed by atoms with van der Waals surface area (Å²) in [6, 6.07) is 5.77. The number of aromatic nitrogens is 3. The Hall–Kier alpha value is -2.98. The minimum atomic E-state index is -1.29. The molecule has 0 aliphatic carbocycles. The van der Waals surface area contributed by atoms with Gasteiger partial charge in [0.05, 0.1) is 33.1 Å². The van der Waals surface area contributed by atoms with Gasteiger partial charge in [-0.3, -0.25) is 14.3 Å². The molecule has 1 atom stereocenters. The van der Waals surface area contributed by atoms with Gasteiger partial charge in [0.2, 0.25) is 5.91 Å². The van der Waals surface area contributed by atoms with E-state index in [1.807, 2.05) is 13.8 Å². The van der Waals surface area contributed by atoms with Gasteiger partial charge in [0, 0.05) is 22.1 Å². The zero-order valence-corrected chi connectivity index (χ0v) is 24.4. The van der Waals surface area contributed by atoms with Gasteiger partial charge in [-0.1, -0.05) is 27.8 Å². The van der Waals surface area contributed by atoms with Crippen molar-refractivity contribution >= 4 is 46.2 Å². The summed E-state index contributed by atoms with van der Waals surface area (Å²) < 4.78 is 19.2. The highest BCUT2D eigenvalue weighted by molar-refractivity contribution is 14.1. The van der Waals surface area contributed by atoms with Crippen molar-refractivity contribution in [1.82, 2.24) is 25.6 Å². The first-order valence-electron chi connectivity index (χ1n) is 12.5. The second kappa shape index (κ2) is 13.9. The van der Waals surface area contributed by atoms with E-state index in [1.165, 1.54) is 7.11 Å². The van der Waals surface area contributed by atoms with E-state index in [0.717, 1.165) is 4.43 Å². The molecule has 1 fully saturated rings. The number of carbonyl (C=O) groups excluding carboxylic acids is 2. The molecule has 1 aliphatic heterocycles. The number of carboxylic acid groups (broad SMARTS) is 1. The van der Waals surface area contributed by atoms with Crippen LogP contribution in [0, 0.1) is 5.41 Å². The van der Waals surface area contributed by atoms with E-state index in [4.69, 9.17) is 19.3 Å². The number of nitrogens with zero attached hydrogens (tertiary/aromatic N) is 3. The highest BCUT2D eigenvalue weighted by atomic mass is 127. The maximum absolute atomic E-state index is 12.6. The molecule has 1 aromatic carbocycles. The van der Waals surface area contributed by atoms with E-state index in [0.29, 0.717) is 50.6 Å². The standard InChI is InChI=1S/C25H35IN6O7/c1-24(2)38-15-25(13-26,16-39-24)14-32-12-20(30-31-32)21(33)27-11-5-4-6-19(29-23(35)36)22(34)28-17-7-9-18(37-3)10-8-17/h7-10,12,19,29H,4-6,11,13-16H2,1-3H3,(H,27,33)(H,28,34)(H,35,36). The zero-order valence-electron chi connectivity index (χ0n) is 22.2. The van der Waals surface area contributed by atoms with Crippen molar-refractivity contribution in [2.45, 2.75) is 51.5 Å². The van der Waals surface area contributed by atoms with Crippen molar-refractivity contribution in [3.05, 3.63) is 36.2 Å². The van der Waals surface area contributed by atoms with Crippen molar-refractivity contribution in [3.8, 4) is 5.75 Å². The van der Waals surface area contributed by atoms with Gasteiger partial charge in [0.15, 0.2) is 11.5 Å². The lowest BCUT2D eigenvalue weighted by Crippen LogP contribution is -2.49. The molecule has 14 heteroatoms. The third-order valence-electron chi connectivity index (χ3n) is 6.18. The summed E-state index contributed by atoms with van der Waals surface area (Å²) in [5.74, 6) is -0.809. The molecule has 1 saturated heterocycles. The van der Waals surface area contributed by atoms with Gasteiger partial charge in [0.25, 0.3) is 5.91 Å². The molecule has 3 amide bonds. The van der Waals surface area contributed by atoms with E-state index in [-0.39, 0.29) is 23.4 Å². The fourth-order valence-corrected chi connectivity index (χ4v) is 4.54. The Morgan fingerprint density at radius 3 is 2.49 bits per heavy atom. The summed E-state index contributed by atoms with van der Waals surface area (Å²) in [6.45, 7) is 5.62. The van der Waals surface area contributed by atoms with Crippen LogP contribution < -0.4 is 20.7 Å². The summed E-state index contributed by atoms with van der Waals surface area (Å²) in [6.07, 6.45) is 1.61. The Morgan fingerprint density at radius 1 is 1.18 bits per heavy atom. The molecule has 1 aromatic heterocycles. The molecule has 0 saturated carbocycles. The molecule has 0 spiro atoms. The zero-order chi connectivity index (χ0) is 28.5. The minimum Gasteiger partial charge on any atom is -0.497 e. The highest BCUT2D eigenvalue weighted by Gasteiger charge is 2.40. The molecule has 214 valence electrons. The van der Waals surface area contributed by atoms with Gasteiger partial charge in [0.1, 0.15) is 11.8 Å². The lowest BCUT2D eigenvalue weighted by Gasteiger charge is -2.42. The molecule has 2 aromatic rings. The van der Waals surface area contributed by atoms with Gasteiger partial charge in [-0.15, -0.1) is 5.10 Å². The van der Waals surface area contributed by atoms with Crippen LogP contribution in [0.1, 0.15) is 43.6 Å². The Kier molecular flexibility index (Phi) is 10.9. The Labute approximate surface area is 240 Å². The first-order chi connectivity index (χ1) is 18.5. The van der Waals surface area contributed by atoms with E-state index in [2.05, 4.69) is 48.9 Å². The van der Waals surface area contributed by atoms with E-state index in [1.54, 1.807) is 35.1 Å². The van der Waals surface area contributed by atoms with Gasteiger partial charge in [-0.05, 0) is 57.4 Å². The summed E-state index contributed by atoms with van der Waals surface area (Å²) in [4.78, 5) is 36.3. The predicted molar refractivity (Wildman–Crippen MR) is 150 cm³/mol. The average molecular weight is 658 g/mol. The van der Waals surface area contributed by atoms with Crippen LogP contribution in [0.5, 0.6) is 5.75 Å². The first kappa shape index (κ1) is 30.6. The third kappa shape index (κ3) is 9.32. The topological polar surface area (TPSA) is 166 Å². The molecular formula is C25H35IN6O7. The number of methoxy groups -OCH3 is 1. The lowest BCUT2D eigenvalue weighted by atomic mass is 9.91. The number of amides is 3. The molecule has 4 N–H and O–H groups in total. The van der Waals surface area contributed by atoms with Crippen LogP contribution >= 0.6 is 22.6 Å². The van der Waals surface area contributed by atoms with Gasteiger partial charge >= 0.3 is 6.09 Å². The Bertz CT molecular complexity index is 1110. The maximum atomic E-state index is 12.6. The minimum absolute atomic E-state index is 0.195. The van der Waals surface area contributed by atoms with Crippen LogP contribution in [0.2, 0.25) is 0 Å². The van der Waals surface area contributed by atoms with Crippen LogP contribution in [-0.4, -0.2) is 81.1 Å². The number of alkyl halides is 1. The Morgan fingerprint density at radius 2 is 1.87 bits per heavy atom. The molecule has 3 rings (SSSR count). The monoisotopic (exact) mass is 658 g/mol. The van der Waals surface area contributed by atoms with Crippen LogP contribution in [0.4, 0.5) is 10.5 Å². The van der Waals surface area contributed by atoms with E-state index in [9.17, 15) is 14.4 Å². The number of hydrogen-bond acceptors (Lipinski definition) is 8. The second-order valence-corrected chi connectivity index (χ2v) is 10.6. The quantitative estimate of drug-likeness (QED) is 0.144. The smallest absolute Gasteiger partial charge is 0.405 e. The predicted octanol–water partition coefficient (Wildman–Crippen LogP) is 2.67. The van der Waals surface area contributed by atoms with Crippen molar-refractivity contribution in [2.24, 2.45) is 5.41 Å². The van der Waals surface area contributed by atoms with E-state index >= 15 is 0 Å². The summed E-state index contributed by atoms with van der Waals surface area (Å²) in [7, 11) is 1.54. The van der Waals surface area contributed by atoms with Gasteiger partial charge in [-0.25, -0.2) is 4.79 Å². The average Bonchev–Trinajstić information content (AvgIpc) is 3.37. The maximum Gasteiger partial charge on any atom is 0.405 e.